The molecule has 0 spiro atoms. The number of thiophene rings is 1. The first-order valence-electron chi connectivity index (χ1n) is 9.31. The lowest BCUT2D eigenvalue weighted by Crippen LogP contribution is -2.36. The zero-order valence-electron chi connectivity index (χ0n) is 15.9. The quantitative estimate of drug-likeness (QED) is 0.633. The SMILES string of the molecule is CC(C)N(Cc1cccnc1)C(=O)c1ccc(-c2ccc3c(c2)OCCO3)s1. The first-order valence-corrected chi connectivity index (χ1v) is 10.1. The maximum Gasteiger partial charge on any atom is 0.264 e. The summed E-state index contributed by atoms with van der Waals surface area (Å²) in [7, 11) is 0. The first-order chi connectivity index (χ1) is 13.6. The van der Waals surface area contributed by atoms with Crippen molar-refractivity contribution in [2.24, 2.45) is 0 Å². The van der Waals surface area contributed by atoms with Gasteiger partial charge in [0.05, 0.1) is 4.88 Å². The third kappa shape index (κ3) is 3.87. The van der Waals surface area contributed by atoms with E-state index in [1.807, 2.05) is 61.2 Å². The highest BCUT2D eigenvalue weighted by Gasteiger charge is 2.21. The molecule has 0 unspecified atom stereocenters. The van der Waals surface area contributed by atoms with Gasteiger partial charge in [0, 0.05) is 29.9 Å². The third-order valence-electron chi connectivity index (χ3n) is 4.60. The summed E-state index contributed by atoms with van der Waals surface area (Å²) in [6, 6.07) is 13.8. The zero-order chi connectivity index (χ0) is 19.5. The van der Waals surface area contributed by atoms with Crippen molar-refractivity contribution in [2.45, 2.75) is 26.4 Å². The van der Waals surface area contributed by atoms with Crippen LogP contribution in [0.2, 0.25) is 0 Å². The van der Waals surface area contributed by atoms with Gasteiger partial charge in [-0.3, -0.25) is 9.78 Å². The third-order valence-corrected chi connectivity index (χ3v) is 5.73. The summed E-state index contributed by atoms with van der Waals surface area (Å²) in [5.74, 6) is 1.56. The van der Waals surface area contributed by atoms with Crippen LogP contribution in [-0.2, 0) is 6.54 Å². The van der Waals surface area contributed by atoms with Gasteiger partial charge in [0.2, 0.25) is 0 Å². The lowest BCUT2D eigenvalue weighted by Gasteiger charge is -2.26. The van der Waals surface area contributed by atoms with Gasteiger partial charge in [-0.1, -0.05) is 6.07 Å². The molecule has 0 fully saturated rings. The van der Waals surface area contributed by atoms with Crippen molar-refractivity contribution in [1.29, 1.82) is 0 Å². The number of hydrogen-bond acceptors (Lipinski definition) is 5. The van der Waals surface area contributed by atoms with Gasteiger partial charge in [-0.05, 0) is 61.4 Å². The number of pyridine rings is 1. The summed E-state index contributed by atoms with van der Waals surface area (Å²) in [5.41, 5.74) is 2.05. The van der Waals surface area contributed by atoms with E-state index < -0.39 is 0 Å². The van der Waals surface area contributed by atoms with Crippen LogP contribution >= 0.6 is 11.3 Å². The number of ether oxygens (including phenoxy) is 2. The summed E-state index contributed by atoms with van der Waals surface area (Å²) in [4.78, 5) is 20.9. The highest BCUT2D eigenvalue weighted by atomic mass is 32.1. The van der Waals surface area contributed by atoms with Crippen molar-refractivity contribution in [1.82, 2.24) is 9.88 Å². The normalized spacial score (nSPS) is 12.8. The van der Waals surface area contributed by atoms with Gasteiger partial charge in [0.1, 0.15) is 13.2 Å². The van der Waals surface area contributed by atoms with Gasteiger partial charge in [-0.25, -0.2) is 0 Å². The molecule has 6 heteroatoms. The van der Waals surface area contributed by atoms with Crippen LogP contribution in [0.1, 0.15) is 29.1 Å². The molecule has 0 saturated carbocycles. The molecule has 4 rings (SSSR count). The van der Waals surface area contributed by atoms with Crippen LogP contribution in [0.5, 0.6) is 11.5 Å². The van der Waals surface area contributed by atoms with Crippen molar-refractivity contribution >= 4 is 17.2 Å². The van der Waals surface area contributed by atoms with E-state index in [4.69, 9.17) is 9.47 Å². The van der Waals surface area contributed by atoms with Crippen LogP contribution in [0.4, 0.5) is 0 Å². The molecule has 3 aromatic rings. The topological polar surface area (TPSA) is 51.7 Å². The van der Waals surface area contributed by atoms with Crippen LogP contribution in [0.25, 0.3) is 10.4 Å². The molecule has 144 valence electrons. The van der Waals surface area contributed by atoms with Crippen LogP contribution in [0, 0.1) is 0 Å². The maximum absolute atomic E-state index is 13.1. The van der Waals surface area contributed by atoms with Crippen molar-refractivity contribution in [3.05, 3.63) is 65.3 Å². The Balaban J connectivity index is 1.56. The molecule has 1 aliphatic rings. The van der Waals surface area contributed by atoms with E-state index in [0.717, 1.165) is 32.4 Å². The number of amides is 1. The fourth-order valence-corrected chi connectivity index (χ4v) is 4.08. The highest BCUT2D eigenvalue weighted by Crippen LogP contribution is 2.37. The van der Waals surface area contributed by atoms with Crippen LogP contribution in [0.3, 0.4) is 0 Å². The van der Waals surface area contributed by atoms with E-state index in [1.54, 1.807) is 12.4 Å². The summed E-state index contributed by atoms with van der Waals surface area (Å²) < 4.78 is 11.3. The largest absolute Gasteiger partial charge is 0.486 e. The van der Waals surface area contributed by atoms with E-state index in [9.17, 15) is 4.79 Å². The van der Waals surface area contributed by atoms with Gasteiger partial charge in [-0.15, -0.1) is 11.3 Å². The average Bonchev–Trinajstić information content (AvgIpc) is 3.22. The zero-order valence-corrected chi connectivity index (χ0v) is 16.7. The molecule has 0 radical (unpaired) electrons. The van der Waals surface area contributed by atoms with E-state index in [2.05, 4.69) is 4.98 Å². The Morgan fingerprint density at radius 1 is 1.14 bits per heavy atom. The van der Waals surface area contributed by atoms with Crippen LogP contribution in [0.15, 0.2) is 54.9 Å². The minimum Gasteiger partial charge on any atom is -0.486 e. The van der Waals surface area contributed by atoms with E-state index in [0.29, 0.717) is 19.8 Å². The Morgan fingerprint density at radius 3 is 2.71 bits per heavy atom. The van der Waals surface area contributed by atoms with Crippen LogP contribution < -0.4 is 9.47 Å². The van der Waals surface area contributed by atoms with Gasteiger partial charge in [-0.2, -0.15) is 0 Å². The molecule has 5 nitrogen and oxygen atoms in total. The molecule has 0 N–H and O–H groups in total. The second-order valence-electron chi connectivity index (χ2n) is 6.91. The van der Waals surface area contributed by atoms with Crippen molar-refractivity contribution in [3.63, 3.8) is 0 Å². The number of fused-ring (bicyclic) bond motifs is 1. The smallest absolute Gasteiger partial charge is 0.264 e. The number of benzene rings is 1. The molecule has 1 amide bonds. The number of rotatable bonds is 5. The van der Waals surface area contributed by atoms with Gasteiger partial charge in [0.15, 0.2) is 11.5 Å². The lowest BCUT2D eigenvalue weighted by atomic mass is 10.1. The molecule has 0 saturated heterocycles. The van der Waals surface area contributed by atoms with Crippen LogP contribution in [-0.4, -0.2) is 35.0 Å². The number of hydrogen-bond donors (Lipinski definition) is 0. The number of nitrogens with zero attached hydrogens (tertiary/aromatic N) is 2. The predicted molar refractivity (Wildman–Crippen MR) is 110 cm³/mol. The molecule has 3 heterocycles. The molecular weight excluding hydrogens is 372 g/mol. The Bertz CT molecular complexity index is 969. The Kier molecular flexibility index (Phi) is 5.30. The average molecular weight is 394 g/mol. The van der Waals surface area contributed by atoms with Crippen molar-refractivity contribution in [3.8, 4) is 21.9 Å². The second kappa shape index (κ2) is 8.02. The fraction of sp³-hybridized carbons (Fsp3) is 0.273. The number of carbonyl (C=O) groups excluding carboxylic acids is 1. The number of carbonyl (C=O) groups is 1. The molecular formula is C22H22N2O3S. The lowest BCUT2D eigenvalue weighted by molar-refractivity contribution is 0.0695. The Morgan fingerprint density at radius 2 is 1.96 bits per heavy atom. The molecule has 0 aliphatic carbocycles. The molecule has 28 heavy (non-hydrogen) atoms. The van der Waals surface area contributed by atoms with Gasteiger partial charge < -0.3 is 14.4 Å². The standard InChI is InChI=1S/C22H22N2O3S/c1-15(2)24(14-16-4-3-9-23-13-16)22(25)21-8-7-20(28-21)17-5-6-18-19(12-17)27-11-10-26-18/h3-9,12-13,15H,10-11,14H2,1-2H3. The Labute approximate surface area is 168 Å². The van der Waals surface area contributed by atoms with E-state index >= 15 is 0 Å². The summed E-state index contributed by atoms with van der Waals surface area (Å²) in [5, 5.41) is 0. The molecule has 0 bridgehead atoms. The minimum atomic E-state index is 0.0349. The monoisotopic (exact) mass is 394 g/mol. The van der Waals surface area contributed by atoms with Gasteiger partial charge in [0.25, 0.3) is 5.91 Å². The van der Waals surface area contributed by atoms with Gasteiger partial charge >= 0.3 is 0 Å². The maximum atomic E-state index is 13.1. The van der Waals surface area contributed by atoms with Crippen molar-refractivity contribution < 1.29 is 14.3 Å². The van der Waals surface area contributed by atoms with E-state index in [1.165, 1.54) is 11.3 Å². The number of aromatic nitrogens is 1. The van der Waals surface area contributed by atoms with E-state index in [-0.39, 0.29) is 11.9 Å². The van der Waals surface area contributed by atoms with Crippen molar-refractivity contribution in [2.75, 3.05) is 13.2 Å². The molecule has 1 aromatic carbocycles. The second-order valence-corrected chi connectivity index (χ2v) is 7.99. The summed E-state index contributed by atoms with van der Waals surface area (Å²) >= 11 is 1.50. The minimum absolute atomic E-state index is 0.0349. The molecule has 0 atom stereocenters. The highest BCUT2D eigenvalue weighted by molar-refractivity contribution is 7.17. The summed E-state index contributed by atoms with van der Waals surface area (Å²) in [6.45, 7) is 5.74. The first kappa shape index (κ1) is 18.5. The fourth-order valence-electron chi connectivity index (χ4n) is 3.12. The predicted octanol–water partition coefficient (Wildman–Crippen LogP) is 4.63. The summed E-state index contributed by atoms with van der Waals surface area (Å²) in [6.07, 6.45) is 3.54. The Hall–Kier alpha value is -2.86. The molecule has 2 aromatic heterocycles. The molecule has 1 aliphatic heterocycles.